The molecule has 61 valence electrons. The van der Waals surface area contributed by atoms with Crippen LogP contribution in [0.5, 0.6) is 0 Å². The van der Waals surface area contributed by atoms with Crippen LogP contribution in [-0.2, 0) is 0 Å². The topological polar surface area (TPSA) is 0 Å². The zero-order valence-corrected chi connectivity index (χ0v) is 5.82. The molecule has 0 aromatic heterocycles. The Morgan fingerprint density at radius 1 is 1.00 bits per heavy atom. The lowest BCUT2D eigenvalue weighted by atomic mass is 10.1. The number of alkyl halides is 3. The van der Waals surface area contributed by atoms with Gasteiger partial charge in [0.15, 0.2) is 0 Å². The lowest BCUT2D eigenvalue weighted by Crippen LogP contribution is -2.02. The molecule has 0 saturated heterocycles. The van der Waals surface area contributed by atoms with Crippen LogP contribution in [0.2, 0.25) is 0 Å². The van der Waals surface area contributed by atoms with Gasteiger partial charge in [-0.2, -0.15) is 0 Å². The molecule has 0 spiro atoms. The number of hydrogen-bond donors (Lipinski definition) is 0. The van der Waals surface area contributed by atoms with Crippen molar-refractivity contribution in [2.75, 3.05) is 0 Å². The van der Waals surface area contributed by atoms with Crippen molar-refractivity contribution < 1.29 is 13.2 Å². The van der Waals surface area contributed by atoms with Crippen LogP contribution in [0.1, 0.15) is 25.7 Å². The van der Waals surface area contributed by atoms with Gasteiger partial charge < -0.3 is 0 Å². The van der Waals surface area contributed by atoms with Crippen molar-refractivity contribution in [3.05, 3.63) is 6.92 Å². The standard InChI is InChI=1S/C7H12F3/c1-2-3-6(8)4-5-7(9)10/h6-7H,1-5H2/t6-/m0/s1. The summed E-state index contributed by atoms with van der Waals surface area (Å²) in [5.74, 6) is 0. The van der Waals surface area contributed by atoms with Gasteiger partial charge in [0.1, 0.15) is 6.17 Å². The molecule has 0 heterocycles. The third-order valence-electron chi connectivity index (χ3n) is 1.22. The Balaban J connectivity index is 3.12. The van der Waals surface area contributed by atoms with E-state index in [1.807, 2.05) is 0 Å². The highest BCUT2D eigenvalue weighted by atomic mass is 19.3. The first-order valence-electron chi connectivity index (χ1n) is 3.38. The maximum absolute atomic E-state index is 12.4. The van der Waals surface area contributed by atoms with Crippen molar-refractivity contribution in [3.63, 3.8) is 0 Å². The molecular weight excluding hydrogens is 141 g/mol. The van der Waals surface area contributed by atoms with Crippen molar-refractivity contribution in [2.45, 2.75) is 38.3 Å². The molecule has 0 N–H and O–H groups in total. The van der Waals surface area contributed by atoms with Crippen molar-refractivity contribution in [1.82, 2.24) is 0 Å². The second kappa shape index (κ2) is 5.57. The Morgan fingerprint density at radius 2 is 1.60 bits per heavy atom. The molecule has 0 aliphatic heterocycles. The minimum atomic E-state index is -2.37. The van der Waals surface area contributed by atoms with Crippen LogP contribution in [0, 0.1) is 6.92 Å². The van der Waals surface area contributed by atoms with Gasteiger partial charge in [-0.25, -0.2) is 13.2 Å². The summed E-state index contributed by atoms with van der Waals surface area (Å²) < 4.78 is 35.3. The maximum Gasteiger partial charge on any atom is 0.238 e. The van der Waals surface area contributed by atoms with E-state index >= 15 is 0 Å². The lowest BCUT2D eigenvalue weighted by molar-refractivity contribution is 0.120. The average Bonchev–Trinajstić information content (AvgIpc) is 1.85. The Bertz CT molecular complexity index is 73.3. The molecule has 3 heteroatoms. The number of rotatable bonds is 5. The van der Waals surface area contributed by atoms with Gasteiger partial charge in [0.2, 0.25) is 6.43 Å². The molecule has 0 aromatic rings. The van der Waals surface area contributed by atoms with Crippen molar-refractivity contribution in [2.24, 2.45) is 0 Å². The van der Waals surface area contributed by atoms with E-state index in [1.165, 1.54) is 0 Å². The first-order valence-corrected chi connectivity index (χ1v) is 3.38. The highest BCUT2D eigenvalue weighted by molar-refractivity contribution is 4.57. The van der Waals surface area contributed by atoms with E-state index in [9.17, 15) is 13.2 Å². The fourth-order valence-electron chi connectivity index (χ4n) is 0.673. The van der Waals surface area contributed by atoms with Crippen LogP contribution in [0.15, 0.2) is 0 Å². The molecule has 0 fully saturated rings. The maximum atomic E-state index is 12.4. The summed E-state index contributed by atoms with van der Waals surface area (Å²) in [5, 5.41) is 0. The van der Waals surface area contributed by atoms with E-state index in [1.54, 1.807) is 0 Å². The summed E-state index contributed by atoms with van der Waals surface area (Å²) in [5.41, 5.74) is 0. The van der Waals surface area contributed by atoms with Crippen molar-refractivity contribution >= 4 is 0 Å². The van der Waals surface area contributed by atoms with Crippen LogP contribution in [0.4, 0.5) is 13.2 Å². The molecule has 0 amide bonds. The first kappa shape index (κ1) is 9.79. The Labute approximate surface area is 59.4 Å². The van der Waals surface area contributed by atoms with E-state index in [4.69, 9.17) is 0 Å². The summed E-state index contributed by atoms with van der Waals surface area (Å²) >= 11 is 0. The SMILES string of the molecule is [CH2]CC[C@H](F)CCC(F)F. The Morgan fingerprint density at radius 3 is 2.00 bits per heavy atom. The number of hydrogen-bond acceptors (Lipinski definition) is 0. The largest absolute Gasteiger partial charge is 0.247 e. The zero-order chi connectivity index (χ0) is 7.98. The predicted molar refractivity (Wildman–Crippen MR) is 34.7 cm³/mol. The molecule has 1 atom stereocenters. The molecule has 0 aliphatic rings. The second-order valence-electron chi connectivity index (χ2n) is 2.21. The van der Waals surface area contributed by atoms with Crippen LogP contribution in [0.25, 0.3) is 0 Å². The second-order valence-corrected chi connectivity index (χ2v) is 2.21. The van der Waals surface area contributed by atoms with Gasteiger partial charge in [0.05, 0.1) is 0 Å². The molecule has 0 unspecified atom stereocenters. The molecule has 1 radical (unpaired) electrons. The third-order valence-corrected chi connectivity index (χ3v) is 1.22. The van der Waals surface area contributed by atoms with Gasteiger partial charge in [-0.15, -0.1) is 0 Å². The van der Waals surface area contributed by atoms with Gasteiger partial charge in [0, 0.05) is 6.42 Å². The molecule has 0 nitrogen and oxygen atoms in total. The quantitative estimate of drug-likeness (QED) is 0.569. The van der Waals surface area contributed by atoms with Crippen molar-refractivity contribution in [1.29, 1.82) is 0 Å². The molecule has 0 bridgehead atoms. The van der Waals surface area contributed by atoms with Crippen LogP contribution in [-0.4, -0.2) is 12.6 Å². The normalized spacial score (nSPS) is 14.1. The van der Waals surface area contributed by atoms with Crippen LogP contribution >= 0.6 is 0 Å². The van der Waals surface area contributed by atoms with Gasteiger partial charge in [0.25, 0.3) is 0 Å². The van der Waals surface area contributed by atoms with Crippen LogP contribution < -0.4 is 0 Å². The Hall–Kier alpha value is -0.210. The van der Waals surface area contributed by atoms with E-state index in [0.29, 0.717) is 12.8 Å². The predicted octanol–water partition coefficient (Wildman–Crippen LogP) is 2.98. The molecular formula is C7H12F3. The fourth-order valence-corrected chi connectivity index (χ4v) is 0.673. The third kappa shape index (κ3) is 5.92. The zero-order valence-electron chi connectivity index (χ0n) is 5.82. The highest BCUT2D eigenvalue weighted by Crippen LogP contribution is 2.12. The van der Waals surface area contributed by atoms with Crippen molar-refractivity contribution in [3.8, 4) is 0 Å². The van der Waals surface area contributed by atoms with E-state index < -0.39 is 12.6 Å². The van der Waals surface area contributed by atoms with Crippen LogP contribution in [0.3, 0.4) is 0 Å². The van der Waals surface area contributed by atoms with Gasteiger partial charge in [-0.3, -0.25) is 0 Å². The Kier molecular flexibility index (Phi) is 5.45. The lowest BCUT2D eigenvalue weighted by Gasteiger charge is -2.04. The summed E-state index contributed by atoms with van der Waals surface area (Å²) in [6.07, 6.45) is -3.06. The molecule has 10 heavy (non-hydrogen) atoms. The molecule has 0 rings (SSSR count). The smallest absolute Gasteiger partial charge is 0.238 e. The molecule has 0 saturated carbocycles. The average molecular weight is 153 g/mol. The van der Waals surface area contributed by atoms with E-state index in [-0.39, 0.29) is 12.8 Å². The summed E-state index contributed by atoms with van der Waals surface area (Å²) in [4.78, 5) is 0. The summed E-state index contributed by atoms with van der Waals surface area (Å²) in [7, 11) is 0. The monoisotopic (exact) mass is 153 g/mol. The highest BCUT2D eigenvalue weighted by Gasteiger charge is 2.09. The van der Waals surface area contributed by atoms with Gasteiger partial charge >= 0.3 is 0 Å². The minimum Gasteiger partial charge on any atom is -0.247 e. The summed E-state index contributed by atoms with van der Waals surface area (Å²) in [6.45, 7) is 3.43. The van der Waals surface area contributed by atoms with Gasteiger partial charge in [-0.05, 0) is 12.8 Å². The molecule has 0 aliphatic carbocycles. The minimum absolute atomic E-state index is 0.0345. The molecule has 0 aromatic carbocycles. The van der Waals surface area contributed by atoms with E-state index in [0.717, 1.165) is 0 Å². The first-order chi connectivity index (χ1) is 4.66. The summed E-state index contributed by atoms with van der Waals surface area (Å²) in [6, 6.07) is 0. The number of halogens is 3. The van der Waals surface area contributed by atoms with Gasteiger partial charge in [-0.1, -0.05) is 13.3 Å². The fraction of sp³-hybridized carbons (Fsp3) is 0.857. The van der Waals surface area contributed by atoms with E-state index in [2.05, 4.69) is 6.92 Å².